The lowest BCUT2D eigenvalue weighted by Gasteiger charge is -2.26. The molecule has 1 aliphatic heterocycles. The summed E-state index contributed by atoms with van der Waals surface area (Å²) in [6.45, 7) is 8.01. The van der Waals surface area contributed by atoms with Crippen molar-refractivity contribution in [3.63, 3.8) is 0 Å². The number of allylic oxidation sites excluding steroid dienone is 1. The van der Waals surface area contributed by atoms with Gasteiger partial charge in [-0.2, -0.15) is 5.10 Å². The van der Waals surface area contributed by atoms with Gasteiger partial charge in [-0.15, -0.1) is 0 Å². The monoisotopic (exact) mass is 436 g/mol. The molecular weight excluding hydrogens is 410 g/mol. The van der Waals surface area contributed by atoms with Crippen LogP contribution in [0, 0.1) is 11.6 Å². The van der Waals surface area contributed by atoms with Crippen LogP contribution in [-0.2, 0) is 0 Å². The number of aliphatic imine (C=N–C) groups is 1. The van der Waals surface area contributed by atoms with E-state index in [2.05, 4.69) is 26.7 Å². The molecule has 0 atom stereocenters. The zero-order valence-corrected chi connectivity index (χ0v) is 17.9. The van der Waals surface area contributed by atoms with Crippen molar-refractivity contribution in [2.75, 3.05) is 26.2 Å². The zero-order valence-electron chi connectivity index (χ0n) is 17.9. The van der Waals surface area contributed by atoms with E-state index in [4.69, 9.17) is 4.74 Å². The number of benzene rings is 2. The summed E-state index contributed by atoms with van der Waals surface area (Å²) >= 11 is 0. The van der Waals surface area contributed by atoms with E-state index in [1.807, 2.05) is 24.3 Å². The second kappa shape index (κ2) is 10.3. The fourth-order valence-electron chi connectivity index (χ4n) is 3.71. The van der Waals surface area contributed by atoms with Crippen molar-refractivity contribution in [2.45, 2.75) is 19.3 Å². The van der Waals surface area contributed by atoms with Gasteiger partial charge < -0.3 is 4.74 Å². The fourth-order valence-corrected chi connectivity index (χ4v) is 3.71. The summed E-state index contributed by atoms with van der Waals surface area (Å²) in [5, 5.41) is 6.75. The van der Waals surface area contributed by atoms with Crippen LogP contribution in [0.5, 0.6) is 5.75 Å². The Balaban J connectivity index is 1.35. The second-order valence-corrected chi connectivity index (χ2v) is 7.82. The van der Waals surface area contributed by atoms with Crippen molar-refractivity contribution in [3.05, 3.63) is 72.4 Å². The van der Waals surface area contributed by atoms with Crippen molar-refractivity contribution in [1.82, 2.24) is 15.1 Å². The van der Waals surface area contributed by atoms with Crippen LogP contribution in [-0.4, -0.2) is 47.6 Å². The van der Waals surface area contributed by atoms with Crippen LogP contribution >= 0.6 is 0 Å². The third kappa shape index (κ3) is 5.48. The van der Waals surface area contributed by atoms with Crippen LogP contribution < -0.4 is 4.74 Å². The predicted molar refractivity (Wildman–Crippen MR) is 123 cm³/mol. The molecule has 0 spiro atoms. The molecule has 4 rings (SSSR count). The average Bonchev–Trinajstić information content (AvgIpc) is 3.29. The Morgan fingerprint density at radius 1 is 1.09 bits per heavy atom. The molecule has 0 saturated carbocycles. The number of nitrogens with one attached hydrogen (secondary N) is 1. The van der Waals surface area contributed by atoms with Gasteiger partial charge in [-0.25, -0.2) is 13.8 Å². The van der Waals surface area contributed by atoms with E-state index in [-0.39, 0.29) is 0 Å². The maximum atomic E-state index is 13.6. The number of aromatic nitrogens is 2. The first-order valence-electron chi connectivity index (χ1n) is 10.8. The Hall–Kier alpha value is -3.32. The molecule has 0 aliphatic carbocycles. The molecular formula is C25H26F2N4O. The van der Waals surface area contributed by atoms with Crippen LogP contribution in [0.25, 0.3) is 16.7 Å². The molecule has 1 aliphatic rings. The minimum absolute atomic E-state index is 0.440. The Morgan fingerprint density at radius 2 is 1.88 bits per heavy atom. The van der Waals surface area contributed by atoms with Gasteiger partial charge in [0.15, 0.2) is 17.5 Å². The molecule has 5 nitrogen and oxygen atoms in total. The van der Waals surface area contributed by atoms with Crippen molar-refractivity contribution in [1.29, 1.82) is 0 Å². The fraction of sp³-hybridized carbons (Fsp3) is 0.280. The highest BCUT2D eigenvalue weighted by Gasteiger charge is 2.11. The van der Waals surface area contributed by atoms with Gasteiger partial charge in [-0.1, -0.05) is 31.2 Å². The first-order valence-corrected chi connectivity index (χ1v) is 10.8. The number of piperidine rings is 1. The average molecular weight is 437 g/mol. The zero-order chi connectivity index (χ0) is 22.3. The maximum absolute atomic E-state index is 13.6. The van der Waals surface area contributed by atoms with E-state index in [1.54, 1.807) is 6.21 Å². The standard InChI is InChI=1S/C25H26F2N4O/c1-18(16-28-25-22(17-29-30-25)20-7-10-23(26)24(27)15-20)19-5-8-21(9-6-19)32-14-13-31-11-3-2-4-12-31/h5-10,15-17H,1-4,11-14H2,(H,29,30)/b28-16-. The van der Waals surface area contributed by atoms with Crippen LogP contribution in [0.2, 0.25) is 0 Å². The van der Waals surface area contributed by atoms with Crippen LogP contribution in [0.15, 0.2) is 60.2 Å². The number of nitrogens with zero attached hydrogens (tertiary/aromatic N) is 3. The SMILES string of the molecule is C=C(/C=N\c1[nH]ncc1-c1ccc(F)c(F)c1)c1ccc(OCCN2CCCCC2)cc1. The van der Waals surface area contributed by atoms with Gasteiger partial charge in [0.1, 0.15) is 12.4 Å². The molecule has 2 aromatic carbocycles. The topological polar surface area (TPSA) is 53.5 Å². The maximum Gasteiger partial charge on any atom is 0.159 e. The minimum atomic E-state index is -0.915. The molecule has 0 amide bonds. The molecule has 1 aromatic heterocycles. The van der Waals surface area contributed by atoms with E-state index in [0.717, 1.165) is 43.1 Å². The van der Waals surface area contributed by atoms with Crippen molar-refractivity contribution >= 4 is 17.6 Å². The number of halogens is 2. The summed E-state index contributed by atoms with van der Waals surface area (Å²) in [5.74, 6) is -0.546. The van der Waals surface area contributed by atoms with Gasteiger partial charge in [-0.3, -0.25) is 10.00 Å². The normalized spacial score (nSPS) is 14.7. The Bertz CT molecular complexity index is 1090. The van der Waals surface area contributed by atoms with E-state index in [1.165, 1.54) is 31.5 Å². The molecule has 0 radical (unpaired) electrons. The van der Waals surface area contributed by atoms with Crippen molar-refractivity contribution in [2.24, 2.45) is 4.99 Å². The first-order chi connectivity index (χ1) is 15.6. The highest BCUT2D eigenvalue weighted by molar-refractivity contribution is 6.09. The van der Waals surface area contributed by atoms with Crippen LogP contribution in [0.1, 0.15) is 24.8 Å². The minimum Gasteiger partial charge on any atom is -0.492 e. The van der Waals surface area contributed by atoms with Crippen molar-refractivity contribution in [3.8, 4) is 16.9 Å². The third-order valence-corrected chi connectivity index (χ3v) is 5.55. The highest BCUT2D eigenvalue weighted by atomic mass is 19.2. The number of hydrogen-bond acceptors (Lipinski definition) is 4. The highest BCUT2D eigenvalue weighted by Crippen LogP contribution is 2.29. The lowest BCUT2D eigenvalue weighted by atomic mass is 10.1. The predicted octanol–water partition coefficient (Wildman–Crippen LogP) is 5.64. The molecule has 2 heterocycles. The largest absolute Gasteiger partial charge is 0.492 e. The molecule has 7 heteroatoms. The van der Waals surface area contributed by atoms with Crippen molar-refractivity contribution < 1.29 is 13.5 Å². The van der Waals surface area contributed by atoms with Gasteiger partial charge in [0.05, 0.1) is 6.20 Å². The third-order valence-electron chi connectivity index (χ3n) is 5.55. The van der Waals surface area contributed by atoms with Gasteiger partial charge in [0, 0.05) is 18.3 Å². The van der Waals surface area contributed by atoms with E-state index >= 15 is 0 Å². The Labute approximate surface area is 186 Å². The van der Waals surface area contributed by atoms with Gasteiger partial charge in [0.2, 0.25) is 0 Å². The number of aromatic amines is 1. The lowest BCUT2D eigenvalue weighted by molar-refractivity contribution is 0.183. The first kappa shape index (κ1) is 21.9. The Morgan fingerprint density at radius 3 is 2.62 bits per heavy atom. The van der Waals surface area contributed by atoms with Crippen LogP contribution in [0.4, 0.5) is 14.6 Å². The quantitative estimate of drug-likeness (QED) is 0.465. The number of likely N-dealkylation sites (tertiary alicyclic amines) is 1. The van der Waals surface area contributed by atoms with Gasteiger partial charge in [0.25, 0.3) is 0 Å². The number of hydrogen-bond donors (Lipinski definition) is 1. The van der Waals surface area contributed by atoms with Gasteiger partial charge in [-0.05, 0) is 66.9 Å². The van der Waals surface area contributed by atoms with Crippen LogP contribution in [0.3, 0.4) is 0 Å². The molecule has 32 heavy (non-hydrogen) atoms. The smallest absolute Gasteiger partial charge is 0.159 e. The molecule has 0 bridgehead atoms. The summed E-state index contributed by atoms with van der Waals surface area (Å²) < 4.78 is 32.7. The molecule has 1 saturated heterocycles. The van der Waals surface area contributed by atoms with E-state index in [0.29, 0.717) is 29.1 Å². The summed E-state index contributed by atoms with van der Waals surface area (Å²) in [6, 6.07) is 11.4. The number of H-pyrrole nitrogens is 1. The summed E-state index contributed by atoms with van der Waals surface area (Å²) in [5.41, 5.74) is 2.67. The molecule has 166 valence electrons. The summed E-state index contributed by atoms with van der Waals surface area (Å²) in [4.78, 5) is 6.84. The molecule has 3 aromatic rings. The molecule has 1 fully saturated rings. The molecule has 1 N–H and O–H groups in total. The van der Waals surface area contributed by atoms with Gasteiger partial charge >= 0.3 is 0 Å². The summed E-state index contributed by atoms with van der Waals surface area (Å²) in [6.07, 6.45) is 7.03. The second-order valence-electron chi connectivity index (χ2n) is 7.82. The molecule has 0 unspecified atom stereocenters. The Kier molecular flexibility index (Phi) is 7.07. The number of ether oxygens (including phenoxy) is 1. The lowest BCUT2D eigenvalue weighted by Crippen LogP contribution is -2.33. The number of rotatable bonds is 8. The summed E-state index contributed by atoms with van der Waals surface area (Å²) in [7, 11) is 0. The van der Waals surface area contributed by atoms with E-state index < -0.39 is 11.6 Å². The van der Waals surface area contributed by atoms with E-state index in [9.17, 15) is 8.78 Å².